The Labute approximate surface area is 116 Å². The molecule has 0 atom stereocenters. The van der Waals surface area contributed by atoms with Gasteiger partial charge in [0.2, 0.25) is 0 Å². The number of rotatable bonds is 1. The summed E-state index contributed by atoms with van der Waals surface area (Å²) < 4.78 is 0.910. The number of hydrogen-bond acceptors (Lipinski definition) is 6. The third kappa shape index (κ3) is 1.61. The van der Waals surface area contributed by atoms with Gasteiger partial charge >= 0.3 is 0 Å². The van der Waals surface area contributed by atoms with Gasteiger partial charge in [-0.2, -0.15) is 0 Å². The zero-order valence-electron chi connectivity index (χ0n) is 9.70. The Morgan fingerprint density at radius 1 is 1.11 bits per heavy atom. The summed E-state index contributed by atoms with van der Waals surface area (Å²) in [5.74, 6) is 0.519. The van der Waals surface area contributed by atoms with Gasteiger partial charge in [-0.3, -0.25) is 0 Å². The molecule has 0 radical (unpaired) electrons. The third-order valence-corrected chi connectivity index (χ3v) is 4.92. The first-order valence-corrected chi connectivity index (χ1v) is 7.36. The summed E-state index contributed by atoms with van der Waals surface area (Å²) >= 11 is 3.23. The molecule has 0 amide bonds. The molecular weight excluding hydrogens is 276 g/mol. The zero-order chi connectivity index (χ0) is 12.8. The highest BCUT2D eigenvalue weighted by atomic mass is 32.1. The molecule has 19 heavy (non-hydrogen) atoms. The second kappa shape index (κ2) is 3.97. The second-order valence-corrected chi connectivity index (χ2v) is 6.01. The van der Waals surface area contributed by atoms with E-state index in [0.717, 1.165) is 26.1 Å². The van der Waals surface area contributed by atoms with Crippen molar-refractivity contribution in [2.45, 2.75) is 0 Å². The van der Waals surface area contributed by atoms with Crippen LogP contribution in [-0.2, 0) is 0 Å². The van der Waals surface area contributed by atoms with Crippen molar-refractivity contribution >= 4 is 48.9 Å². The predicted molar refractivity (Wildman–Crippen MR) is 80.4 cm³/mol. The second-order valence-electron chi connectivity index (χ2n) is 4.07. The normalized spacial score (nSPS) is 11.4. The Morgan fingerprint density at radius 3 is 2.89 bits per heavy atom. The van der Waals surface area contributed by atoms with E-state index in [1.54, 1.807) is 22.7 Å². The first kappa shape index (κ1) is 10.8. The third-order valence-electron chi connectivity index (χ3n) is 2.92. The average Bonchev–Trinajstić information content (AvgIpc) is 3.06. The van der Waals surface area contributed by atoms with E-state index in [4.69, 9.17) is 10.7 Å². The number of aromatic nitrogens is 3. The molecule has 2 N–H and O–H groups in total. The largest absolute Gasteiger partial charge is 0.382 e. The van der Waals surface area contributed by atoms with Gasteiger partial charge in [0.1, 0.15) is 17.0 Å². The maximum atomic E-state index is 5.89. The highest BCUT2D eigenvalue weighted by Crippen LogP contribution is 2.35. The van der Waals surface area contributed by atoms with E-state index >= 15 is 0 Å². The lowest BCUT2D eigenvalue weighted by Crippen LogP contribution is -1.89. The first-order chi connectivity index (χ1) is 9.33. The van der Waals surface area contributed by atoms with E-state index < -0.39 is 0 Å². The molecule has 4 rings (SSSR count). The van der Waals surface area contributed by atoms with Crippen LogP contribution in [0, 0.1) is 0 Å². The van der Waals surface area contributed by atoms with E-state index in [1.807, 2.05) is 12.1 Å². The molecule has 0 spiro atoms. The van der Waals surface area contributed by atoms with Crippen molar-refractivity contribution in [2.24, 2.45) is 0 Å². The summed E-state index contributed by atoms with van der Waals surface area (Å²) in [6.45, 7) is 0. The number of anilines is 1. The van der Waals surface area contributed by atoms with E-state index in [1.165, 1.54) is 11.2 Å². The van der Waals surface area contributed by atoms with Gasteiger partial charge in [0.05, 0.1) is 20.8 Å². The maximum Gasteiger partial charge on any atom is 0.144 e. The highest BCUT2D eigenvalue weighted by Gasteiger charge is 2.11. The van der Waals surface area contributed by atoms with Gasteiger partial charge in [0.25, 0.3) is 0 Å². The quantitative estimate of drug-likeness (QED) is 0.580. The van der Waals surface area contributed by atoms with Crippen molar-refractivity contribution in [2.75, 3.05) is 5.73 Å². The highest BCUT2D eigenvalue weighted by molar-refractivity contribution is 7.26. The molecule has 0 aromatic carbocycles. The minimum atomic E-state index is 0.519. The summed E-state index contributed by atoms with van der Waals surface area (Å²) in [5.41, 5.74) is 7.76. The van der Waals surface area contributed by atoms with Crippen molar-refractivity contribution < 1.29 is 0 Å². The Morgan fingerprint density at radius 2 is 2.05 bits per heavy atom. The molecule has 0 fully saturated rings. The van der Waals surface area contributed by atoms with Crippen molar-refractivity contribution in [3.05, 3.63) is 36.0 Å². The molecule has 0 aliphatic rings. The predicted octanol–water partition coefficient (Wildman–Crippen LogP) is 3.55. The van der Waals surface area contributed by atoms with Crippen LogP contribution in [0.4, 0.5) is 5.82 Å². The molecule has 0 saturated heterocycles. The van der Waals surface area contributed by atoms with Crippen LogP contribution < -0.4 is 5.73 Å². The zero-order valence-corrected chi connectivity index (χ0v) is 11.3. The Balaban J connectivity index is 2.05. The summed E-state index contributed by atoms with van der Waals surface area (Å²) in [6.07, 6.45) is 1.50. The SMILES string of the molecule is Nc1ncnc2c1sc1nc(-c3cccs3)ccc12. The number of nitrogen functional groups attached to an aromatic ring is 1. The Kier molecular flexibility index (Phi) is 2.27. The van der Waals surface area contributed by atoms with Crippen molar-refractivity contribution in [3.8, 4) is 10.6 Å². The average molecular weight is 284 g/mol. The lowest BCUT2D eigenvalue weighted by atomic mass is 10.2. The fourth-order valence-electron chi connectivity index (χ4n) is 2.04. The van der Waals surface area contributed by atoms with Crippen LogP contribution >= 0.6 is 22.7 Å². The molecular formula is C13H8N4S2. The minimum Gasteiger partial charge on any atom is -0.382 e. The first-order valence-electron chi connectivity index (χ1n) is 5.66. The molecule has 0 saturated carbocycles. The summed E-state index contributed by atoms with van der Waals surface area (Å²) in [4.78, 5) is 15.1. The van der Waals surface area contributed by atoms with Crippen LogP contribution in [-0.4, -0.2) is 15.0 Å². The Hall–Kier alpha value is -2.05. The maximum absolute atomic E-state index is 5.89. The van der Waals surface area contributed by atoms with Gasteiger partial charge in [0.15, 0.2) is 0 Å². The van der Waals surface area contributed by atoms with Gasteiger partial charge in [-0.25, -0.2) is 15.0 Å². The van der Waals surface area contributed by atoms with Crippen molar-refractivity contribution in [1.82, 2.24) is 15.0 Å². The summed E-state index contributed by atoms with van der Waals surface area (Å²) in [7, 11) is 0. The van der Waals surface area contributed by atoms with Gasteiger partial charge in [-0.15, -0.1) is 22.7 Å². The van der Waals surface area contributed by atoms with Crippen LogP contribution in [0.5, 0.6) is 0 Å². The molecule has 0 aliphatic heterocycles. The van der Waals surface area contributed by atoms with Gasteiger partial charge < -0.3 is 5.73 Å². The minimum absolute atomic E-state index is 0.519. The molecule has 4 aromatic rings. The lowest BCUT2D eigenvalue weighted by Gasteiger charge is -1.96. The van der Waals surface area contributed by atoms with E-state index in [-0.39, 0.29) is 0 Å². The lowest BCUT2D eigenvalue weighted by molar-refractivity contribution is 1.24. The number of nitrogens with zero attached hydrogens (tertiary/aromatic N) is 3. The van der Waals surface area contributed by atoms with Crippen LogP contribution in [0.25, 0.3) is 31.0 Å². The number of thiophene rings is 2. The fraction of sp³-hybridized carbons (Fsp3) is 0. The summed E-state index contributed by atoms with van der Waals surface area (Å²) in [6, 6.07) is 8.18. The number of fused-ring (bicyclic) bond motifs is 3. The number of nitrogens with two attached hydrogens (primary N) is 1. The standard InChI is InChI=1S/C13H8N4S2/c14-12-11-10(15-6-16-12)7-3-4-8(17-13(7)19-11)9-2-1-5-18-9/h1-6H,(H2,14,15,16). The molecule has 4 heterocycles. The number of pyridine rings is 1. The van der Waals surface area contributed by atoms with Gasteiger partial charge in [-0.05, 0) is 23.6 Å². The van der Waals surface area contributed by atoms with E-state index in [0.29, 0.717) is 5.82 Å². The topological polar surface area (TPSA) is 64.7 Å². The molecule has 0 aliphatic carbocycles. The number of hydrogen-bond donors (Lipinski definition) is 1. The van der Waals surface area contributed by atoms with Crippen molar-refractivity contribution in [1.29, 1.82) is 0 Å². The molecule has 0 unspecified atom stereocenters. The van der Waals surface area contributed by atoms with Crippen molar-refractivity contribution in [3.63, 3.8) is 0 Å². The van der Waals surface area contributed by atoms with Crippen LogP contribution in [0.3, 0.4) is 0 Å². The van der Waals surface area contributed by atoms with Gasteiger partial charge in [0, 0.05) is 5.39 Å². The molecule has 0 bridgehead atoms. The monoisotopic (exact) mass is 284 g/mol. The smallest absolute Gasteiger partial charge is 0.144 e. The van der Waals surface area contributed by atoms with Gasteiger partial charge in [-0.1, -0.05) is 6.07 Å². The molecule has 4 nitrogen and oxygen atoms in total. The van der Waals surface area contributed by atoms with Crippen LogP contribution in [0.15, 0.2) is 36.0 Å². The van der Waals surface area contributed by atoms with E-state index in [9.17, 15) is 0 Å². The van der Waals surface area contributed by atoms with Crippen LogP contribution in [0.2, 0.25) is 0 Å². The molecule has 4 aromatic heterocycles. The molecule has 6 heteroatoms. The molecule has 92 valence electrons. The summed E-state index contributed by atoms with van der Waals surface area (Å²) in [5, 5.41) is 3.09. The van der Waals surface area contributed by atoms with E-state index in [2.05, 4.69) is 27.5 Å². The fourth-order valence-corrected chi connectivity index (χ4v) is 3.76. The Bertz CT molecular complexity index is 880. The van der Waals surface area contributed by atoms with Crippen LogP contribution in [0.1, 0.15) is 0 Å².